The Labute approximate surface area is 203 Å². The number of hydrogen-bond acceptors (Lipinski definition) is 4. The molecule has 0 saturated carbocycles. The lowest BCUT2D eigenvalue weighted by Crippen LogP contribution is -2.45. The molecule has 0 heterocycles. The molecule has 0 aliphatic carbocycles. The van der Waals surface area contributed by atoms with Crippen LogP contribution in [0.25, 0.3) is 0 Å². The van der Waals surface area contributed by atoms with E-state index in [0.29, 0.717) is 15.9 Å². The first kappa shape index (κ1) is 24.8. The van der Waals surface area contributed by atoms with E-state index in [2.05, 4.69) is 21.2 Å². The fraction of sp³-hybridized carbons (Fsp3) is 0.240. The first-order valence-corrected chi connectivity index (χ1v) is 12.7. The monoisotopic (exact) mass is 530 g/mol. The third-order valence-corrected chi connectivity index (χ3v) is 7.20. The fourth-order valence-electron chi connectivity index (χ4n) is 3.13. The number of anilines is 1. The highest BCUT2D eigenvalue weighted by Gasteiger charge is 2.27. The van der Waals surface area contributed by atoms with Gasteiger partial charge in [0.15, 0.2) is 0 Å². The summed E-state index contributed by atoms with van der Waals surface area (Å²) in [6, 6.07) is 20.7. The summed E-state index contributed by atoms with van der Waals surface area (Å²) in [4.78, 5) is 12.9. The van der Waals surface area contributed by atoms with E-state index >= 15 is 0 Å². The van der Waals surface area contributed by atoms with Crippen molar-refractivity contribution in [2.75, 3.05) is 17.5 Å². The van der Waals surface area contributed by atoms with Crippen LogP contribution in [0.3, 0.4) is 0 Å². The molecule has 1 unspecified atom stereocenters. The van der Waals surface area contributed by atoms with Crippen molar-refractivity contribution in [1.82, 2.24) is 5.32 Å². The molecule has 1 amide bonds. The summed E-state index contributed by atoms with van der Waals surface area (Å²) in [6.07, 6.45) is 0. The minimum absolute atomic E-state index is 0.122. The van der Waals surface area contributed by atoms with Crippen LogP contribution in [0.5, 0.6) is 5.75 Å². The number of hydrogen-bond donors (Lipinski definition) is 1. The van der Waals surface area contributed by atoms with Gasteiger partial charge in [0.2, 0.25) is 5.91 Å². The van der Waals surface area contributed by atoms with Gasteiger partial charge in [-0.2, -0.15) is 0 Å². The zero-order chi connectivity index (χ0) is 24.0. The van der Waals surface area contributed by atoms with E-state index in [1.54, 1.807) is 48.5 Å². The van der Waals surface area contributed by atoms with Gasteiger partial charge >= 0.3 is 0 Å². The van der Waals surface area contributed by atoms with Gasteiger partial charge in [-0.1, -0.05) is 57.4 Å². The number of rotatable bonds is 9. The van der Waals surface area contributed by atoms with Gasteiger partial charge < -0.3 is 10.1 Å². The minimum Gasteiger partial charge on any atom is -0.491 e. The van der Waals surface area contributed by atoms with Crippen molar-refractivity contribution in [3.8, 4) is 5.75 Å². The van der Waals surface area contributed by atoms with Crippen LogP contribution in [-0.4, -0.2) is 33.5 Å². The molecule has 1 atom stereocenters. The molecule has 3 rings (SSSR count). The number of aryl methyl sites for hydroxylation is 2. The molecule has 0 fully saturated rings. The van der Waals surface area contributed by atoms with Crippen LogP contribution >= 0.6 is 15.9 Å². The molecule has 0 aromatic heterocycles. The highest BCUT2D eigenvalue weighted by atomic mass is 79.9. The second-order valence-corrected chi connectivity index (χ2v) is 10.7. The maximum Gasteiger partial charge on any atom is 0.264 e. The largest absolute Gasteiger partial charge is 0.491 e. The number of nitrogens with zero attached hydrogens (tertiary/aromatic N) is 1. The number of ether oxygens (including phenoxy) is 1. The molecule has 0 aliphatic rings. The second kappa shape index (κ2) is 10.9. The molecular weight excluding hydrogens is 504 g/mol. The van der Waals surface area contributed by atoms with Crippen molar-refractivity contribution in [2.24, 2.45) is 0 Å². The number of amides is 1. The summed E-state index contributed by atoms with van der Waals surface area (Å²) >= 11 is 3.38. The van der Waals surface area contributed by atoms with Gasteiger partial charge in [0.1, 0.15) is 18.9 Å². The van der Waals surface area contributed by atoms with Crippen molar-refractivity contribution >= 4 is 37.5 Å². The number of halogens is 1. The predicted octanol–water partition coefficient (Wildman–Crippen LogP) is 4.84. The van der Waals surface area contributed by atoms with E-state index in [1.165, 1.54) is 0 Å². The SMILES string of the molecule is Cc1ccc(OCC(C)NC(=O)CN(c2cccc(Br)c2)S(=O)(=O)c2ccc(C)cc2)cc1. The van der Waals surface area contributed by atoms with Crippen LogP contribution in [0.4, 0.5) is 5.69 Å². The smallest absolute Gasteiger partial charge is 0.264 e. The molecule has 0 radical (unpaired) electrons. The third-order valence-electron chi connectivity index (χ3n) is 4.92. The Morgan fingerprint density at radius 3 is 2.21 bits per heavy atom. The fourth-order valence-corrected chi connectivity index (χ4v) is 4.93. The van der Waals surface area contributed by atoms with Crippen molar-refractivity contribution in [3.63, 3.8) is 0 Å². The topological polar surface area (TPSA) is 75.7 Å². The van der Waals surface area contributed by atoms with E-state index in [9.17, 15) is 13.2 Å². The number of sulfonamides is 1. The Kier molecular flexibility index (Phi) is 8.15. The van der Waals surface area contributed by atoms with E-state index in [4.69, 9.17) is 4.74 Å². The summed E-state index contributed by atoms with van der Waals surface area (Å²) in [7, 11) is -3.96. The lowest BCUT2D eigenvalue weighted by atomic mass is 10.2. The zero-order valence-electron chi connectivity index (χ0n) is 18.8. The minimum atomic E-state index is -3.96. The second-order valence-electron chi connectivity index (χ2n) is 7.90. The van der Waals surface area contributed by atoms with Crippen LogP contribution in [-0.2, 0) is 14.8 Å². The highest BCUT2D eigenvalue weighted by molar-refractivity contribution is 9.10. The molecule has 3 aromatic carbocycles. The number of carbonyl (C=O) groups excluding carboxylic acids is 1. The van der Waals surface area contributed by atoms with Crippen LogP contribution in [0.15, 0.2) is 82.2 Å². The molecule has 0 saturated heterocycles. The molecule has 0 aliphatic heterocycles. The quantitative estimate of drug-likeness (QED) is 0.429. The molecule has 6 nitrogen and oxygen atoms in total. The first-order valence-electron chi connectivity index (χ1n) is 10.5. The van der Waals surface area contributed by atoms with Gasteiger partial charge in [-0.3, -0.25) is 9.10 Å². The van der Waals surface area contributed by atoms with Crippen LogP contribution in [0, 0.1) is 13.8 Å². The molecule has 0 bridgehead atoms. The molecule has 0 spiro atoms. The van der Waals surface area contributed by atoms with Crippen molar-refractivity contribution in [2.45, 2.75) is 31.7 Å². The van der Waals surface area contributed by atoms with E-state index in [0.717, 1.165) is 15.4 Å². The van der Waals surface area contributed by atoms with Crippen molar-refractivity contribution in [3.05, 3.63) is 88.4 Å². The van der Waals surface area contributed by atoms with Gasteiger partial charge in [0, 0.05) is 4.47 Å². The lowest BCUT2D eigenvalue weighted by molar-refractivity contribution is -0.120. The van der Waals surface area contributed by atoms with Crippen LogP contribution in [0.2, 0.25) is 0 Å². The first-order chi connectivity index (χ1) is 15.6. The number of carbonyl (C=O) groups is 1. The standard InChI is InChI=1S/C25H27BrN2O4S/c1-18-7-11-23(12-8-18)32-17-20(3)27-25(29)16-28(22-6-4-5-21(26)15-22)33(30,31)24-13-9-19(2)10-14-24/h4-15,20H,16-17H2,1-3H3,(H,27,29). The van der Waals surface area contributed by atoms with Gasteiger partial charge in [0.25, 0.3) is 10.0 Å². The molecule has 1 N–H and O–H groups in total. The summed E-state index contributed by atoms with van der Waals surface area (Å²) in [6.45, 7) is 5.59. The molecule has 3 aromatic rings. The average molecular weight is 531 g/mol. The van der Waals surface area contributed by atoms with Crippen LogP contribution in [0.1, 0.15) is 18.1 Å². The Hall–Kier alpha value is -2.84. The van der Waals surface area contributed by atoms with E-state index < -0.39 is 15.9 Å². The van der Waals surface area contributed by atoms with Crippen molar-refractivity contribution in [1.29, 1.82) is 0 Å². The van der Waals surface area contributed by atoms with E-state index in [1.807, 2.05) is 45.0 Å². The maximum atomic E-state index is 13.4. The van der Waals surface area contributed by atoms with E-state index in [-0.39, 0.29) is 24.1 Å². The van der Waals surface area contributed by atoms with Crippen molar-refractivity contribution < 1.29 is 17.9 Å². The Morgan fingerprint density at radius 2 is 1.61 bits per heavy atom. The predicted molar refractivity (Wildman–Crippen MR) is 134 cm³/mol. The summed E-state index contributed by atoms with van der Waals surface area (Å²) in [5, 5.41) is 2.83. The average Bonchev–Trinajstić information content (AvgIpc) is 2.77. The Balaban J connectivity index is 1.74. The summed E-state index contributed by atoms with van der Waals surface area (Å²) in [5.74, 6) is 0.282. The third kappa shape index (κ3) is 6.82. The summed E-state index contributed by atoms with van der Waals surface area (Å²) < 4.78 is 34.4. The normalized spacial score (nSPS) is 12.1. The number of benzene rings is 3. The molecule has 33 heavy (non-hydrogen) atoms. The molecule has 8 heteroatoms. The highest BCUT2D eigenvalue weighted by Crippen LogP contribution is 2.26. The van der Waals surface area contributed by atoms with Gasteiger partial charge in [0.05, 0.1) is 16.6 Å². The van der Waals surface area contributed by atoms with Gasteiger partial charge in [-0.05, 0) is 63.2 Å². The maximum absolute atomic E-state index is 13.4. The van der Waals surface area contributed by atoms with Gasteiger partial charge in [-0.25, -0.2) is 8.42 Å². The van der Waals surface area contributed by atoms with Gasteiger partial charge in [-0.15, -0.1) is 0 Å². The zero-order valence-corrected chi connectivity index (χ0v) is 21.2. The molecule has 174 valence electrons. The summed E-state index contributed by atoms with van der Waals surface area (Å²) in [5.41, 5.74) is 2.47. The lowest BCUT2D eigenvalue weighted by Gasteiger charge is -2.25. The van der Waals surface area contributed by atoms with Crippen LogP contribution < -0.4 is 14.4 Å². The number of nitrogens with one attached hydrogen (secondary N) is 1. The Bertz CT molecular complexity index is 1200. The Morgan fingerprint density at radius 1 is 1.00 bits per heavy atom. The molecular formula is C25H27BrN2O4S.